The second-order valence-corrected chi connectivity index (χ2v) is 6.57. The smallest absolute Gasteiger partial charge is 0.254 e. The van der Waals surface area contributed by atoms with Gasteiger partial charge in [0, 0.05) is 30.7 Å². The molecule has 1 N–H and O–H groups in total. The quantitative estimate of drug-likeness (QED) is 0.805. The summed E-state index contributed by atoms with van der Waals surface area (Å²) in [4.78, 5) is 27.0. The summed E-state index contributed by atoms with van der Waals surface area (Å²) in [5.74, 6) is 2.16. The number of fused-ring (bicyclic) bond motifs is 1. The number of carbonyl (C=O) groups excluding carboxylic acids is 1. The lowest BCUT2D eigenvalue weighted by Gasteiger charge is -2.40. The minimum Gasteiger partial charge on any atom is -0.463 e. The van der Waals surface area contributed by atoms with Crippen molar-refractivity contribution in [1.82, 2.24) is 19.9 Å². The summed E-state index contributed by atoms with van der Waals surface area (Å²) in [5.41, 5.74) is 1.04. The predicted octanol–water partition coefficient (Wildman–Crippen LogP) is 2.83. The van der Waals surface area contributed by atoms with Crippen LogP contribution in [0.4, 0.5) is 0 Å². The number of carbonyl (C=O) groups is 1. The number of H-pyrrole nitrogens is 1. The monoisotopic (exact) mass is 320 g/mol. The van der Waals surface area contributed by atoms with Crippen LogP contribution in [0, 0.1) is 5.92 Å². The Balaban J connectivity index is 1.50. The summed E-state index contributed by atoms with van der Waals surface area (Å²) in [6, 6.07) is 7.22. The molecule has 3 aliphatic rings. The van der Waals surface area contributed by atoms with E-state index in [-0.39, 0.29) is 11.4 Å². The molecule has 6 nitrogen and oxygen atoms in total. The van der Waals surface area contributed by atoms with E-state index < -0.39 is 0 Å². The van der Waals surface area contributed by atoms with Crippen LogP contribution in [-0.4, -0.2) is 32.3 Å². The van der Waals surface area contributed by atoms with Crippen molar-refractivity contribution in [3.8, 4) is 11.5 Å². The average Bonchev–Trinajstić information content (AvgIpc) is 3.36. The third-order valence-corrected chi connectivity index (χ3v) is 5.17. The molecule has 0 aromatic carbocycles. The van der Waals surface area contributed by atoms with Crippen LogP contribution in [0.25, 0.3) is 11.5 Å². The molecule has 0 radical (unpaired) electrons. The number of amides is 1. The number of nitrogens with one attached hydrogen (secondary N) is 1. The fraction of sp³-hybridized carbons (Fsp3) is 0.278. The number of hydrogen-bond acceptors (Lipinski definition) is 4. The van der Waals surface area contributed by atoms with Gasteiger partial charge in [0.05, 0.1) is 6.26 Å². The summed E-state index contributed by atoms with van der Waals surface area (Å²) in [5, 5.41) is 0. The Labute approximate surface area is 138 Å². The zero-order chi connectivity index (χ0) is 16.1. The van der Waals surface area contributed by atoms with E-state index in [0.29, 0.717) is 22.9 Å². The Kier molecular flexibility index (Phi) is 2.71. The lowest BCUT2D eigenvalue weighted by atomic mass is 9.72. The highest BCUT2D eigenvalue weighted by atomic mass is 16.3. The second-order valence-electron chi connectivity index (χ2n) is 6.57. The highest BCUT2D eigenvalue weighted by Gasteiger charge is 2.60. The molecule has 120 valence electrons. The SMILES string of the molecule is O=C(c1ccnc(-c2ccco2)c1)N1CC2CC1(c1ncc[nH]1)C2. The van der Waals surface area contributed by atoms with E-state index in [1.807, 2.05) is 23.2 Å². The van der Waals surface area contributed by atoms with Crippen LogP contribution < -0.4 is 0 Å². The van der Waals surface area contributed by atoms with Crippen molar-refractivity contribution in [1.29, 1.82) is 0 Å². The number of aromatic nitrogens is 3. The van der Waals surface area contributed by atoms with Crippen LogP contribution in [0.15, 0.2) is 53.5 Å². The minimum atomic E-state index is -0.265. The normalized spacial score (nSPS) is 24.8. The summed E-state index contributed by atoms with van der Waals surface area (Å²) in [6.45, 7) is 0.790. The van der Waals surface area contributed by atoms with Crippen molar-refractivity contribution in [2.45, 2.75) is 18.4 Å². The molecule has 3 aromatic rings. The molecule has 0 spiro atoms. The number of nitrogens with zero attached hydrogens (tertiary/aromatic N) is 3. The molecule has 1 amide bonds. The summed E-state index contributed by atoms with van der Waals surface area (Å²) >= 11 is 0. The van der Waals surface area contributed by atoms with Crippen LogP contribution in [0.1, 0.15) is 29.0 Å². The topological polar surface area (TPSA) is 75.0 Å². The summed E-state index contributed by atoms with van der Waals surface area (Å²) in [7, 11) is 0. The van der Waals surface area contributed by atoms with Gasteiger partial charge >= 0.3 is 0 Å². The number of imidazole rings is 1. The number of hydrogen-bond donors (Lipinski definition) is 1. The first kappa shape index (κ1) is 13.5. The average molecular weight is 320 g/mol. The third kappa shape index (κ3) is 1.79. The van der Waals surface area contributed by atoms with Crippen LogP contribution in [0.5, 0.6) is 0 Å². The van der Waals surface area contributed by atoms with Gasteiger partial charge in [-0.05, 0) is 43.0 Å². The van der Waals surface area contributed by atoms with Gasteiger partial charge in [0.1, 0.15) is 17.1 Å². The first-order valence-electron chi connectivity index (χ1n) is 8.08. The van der Waals surface area contributed by atoms with Gasteiger partial charge in [-0.1, -0.05) is 0 Å². The third-order valence-electron chi connectivity index (χ3n) is 5.17. The Morgan fingerprint density at radius 1 is 1.29 bits per heavy atom. The van der Waals surface area contributed by atoms with Crippen molar-refractivity contribution < 1.29 is 9.21 Å². The highest BCUT2D eigenvalue weighted by Crippen LogP contribution is 2.56. The standard InChI is InChI=1S/C18H16N4O2/c23-16(13-3-4-19-14(8-13)15-2-1-7-24-15)22-11-12-9-18(22,10-12)17-20-5-6-21-17/h1-8,12H,9-11H2,(H,20,21). The van der Waals surface area contributed by atoms with Gasteiger partial charge < -0.3 is 14.3 Å². The number of pyridine rings is 1. The zero-order valence-corrected chi connectivity index (χ0v) is 13.0. The molecule has 2 bridgehead atoms. The van der Waals surface area contributed by atoms with Crippen molar-refractivity contribution >= 4 is 5.91 Å². The van der Waals surface area contributed by atoms with Gasteiger partial charge in [0.2, 0.25) is 0 Å². The molecule has 2 aliphatic heterocycles. The molecule has 2 saturated heterocycles. The summed E-state index contributed by atoms with van der Waals surface area (Å²) in [6.07, 6.45) is 8.81. The maximum absolute atomic E-state index is 13.1. The van der Waals surface area contributed by atoms with Gasteiger partial charge in [-0.15, -0.1) is 0 Å². The fourth-order valence-corrected chi connectivity index (χ4v) is 4.07. The Hall–Kier alpha value is -2.89. The van der Waals surface area contributed by atoms with E-state index in [0.717, 1.165) is 25.2 Å². The Morgan fingerprint density at radius 2 is 2.21 bits per heavy atom. The fourth-order valence-electron chi connectivity index (χ4n) is 4.07. The molecule has 3 fully saturated rings. The lowest BCUT2D eigenvalue weighted by Crippen LogP contribution is -2.46. The van der Waals surface area contributed by atoms with E-state index >= 15 is 0 Å². The predicted molar refractivity (Wildman–Crippen MR) is 86.0 cm³/mol. The van der Waals surface area contributed by atoms with E-state index in [1.54, 1.807) is 30.8 Å². The number of rotatable bonds is 3. The molecule has 6 heteroatoms. The maximum atomic E-state index is 13.1. The molecule has 1 saturated carbocycles. The van der Waals surface area contributed by atoms with Gasteiger partial charge in [0.25, 0.3) is 5.91 Å². The maximum Gasteiger partial charge on any atom is 0.254 e. The summed E-state index contributed by atoms with van der Waals surface area (Å²) < 4.78 is 5.39. The molecule has 0 atom stereocenters. The van der Waals surface area contributed by atoms with Crippen molar-refractivity contribution in [2.75, 3.05) is 6.54 Å². The van der Waals surface area contributed by atoms with E-state index in [1.165, 1.54) is 0 Å². The van der Waals surface area contributed by atoms with Crippen LogP contribution >= 0.6 is 0 Å². The van der Waals surface area contributed by atoms with Gasteiger partial charge in [-0.25, -0.2) is 4.98 Å². The molecule has 1 aliphatic carbocycles. The minimum absolute atomic E-state index is 0.0293. The second kappa shape index (κ2) is 4.80. The van der Waals surface area contributed by atoms with Gasteiger partial charge in [0.15, 0.2) is 5.76 Å². The number of furan rings is 1. The van der Waals surface area contributed by atoms with Crippen LogP contribution in [0.2, 0.25) is 0 Å². The first-order valence-corrected chi connectivity index (χ1v) is 8.08. The first-order chi connectivity index (χ1) is 11.8. The van der Waals surface area contributed by atoms with E-state index in [4.69, 9.17) is 4.42 Å². The largest absolute Gasteiger partial charge is 0.463 e. The Bertz CT molecular complexity index is 880. The van der Waals surface area contributed by atoms with Gasteiger partial charge in [-0.3, -0.25) is 9.78 Å². The lowest BCUT2D eigenvalue weighted by molar-refractivity contribution is 0.0528. The van der Waals surface area contributed by atoms with Crippen molar-refractivity contribution in [3.63, 3.8) is 0 Å². The molecule has 3 aromatic heterocycles. The molecule has 6 rings (SSSR count). The number of aromatic amines is 1. The van der Waals surface area contributed by atoms with E-state index in [9.17, 15) is 4.79 Å². The highest BCUT2D eigenvalue weighted by molar-refractivity contribution is 5.96. The van der Waals surface area contributed by atoms with Gasteiger partial charge in [-0.2, -0.15) is 0 Å². The van der Waals surface area contributed by atoms with Crippen molar-refractivity contribution in [3.05, 3.63) is 60.5 Å². The van der Waals surface area contributed by atoms with Crippen LogP contribution in [0.3, 0.4) is 0 Å². The molecule has 0 unspecified atom stereocenters. The molecule has 5 heterocycles. The van der Waals surface area contributed by atoms with E-state index in [2.05, 4.69) is 15.0 Å². The van der Waals surface area contributed by atoms with Crippen molar-refractivity contribution in [2.24, 2.45) is 5.92 Å². The van der Waals surface area contributed by atoms with Crippen LogP contribution in [-0.2, 0) is 5.54 Å². The Morgan fingerprint density at radius 3 is 2.96 bits per heavy atom. The zero-order valence-electron chi connectivity index (χ0n) is 13.0. The molecular weight excluding hydrogens is 304 g/mol. The molecule has 24 heavy (non-hydrogen) atoms. The molecular formula is C18H16N4O2.